The van der Waals surface area contributed by atoms with E-state index >= 15 is 0 Å². The van der Waals surface area contributed by atoms with Crippen LogP contribution in [0.25, 0.3) is 0 Å². The Hall–Kier alpha value is -8.22. The van der Waals surface area contributed by atoms with Crippen molar-refractivity contribution in [1.82, 2.24) is 0 Å². The Morgan fingerprint density at radius 2 is 0.492 bits per heavy atom. The van der Waals surface area contributed by atoms with E-state index < -0.39 is 24.4 Å². The van der Waals surface area contributed by atoms with Crippen LogP contribution in [0.4, 0.5) is 0 Å². The van der Waals surface area contributed by atoms with Crippen LogP contribution in [0.2, 0.25) is 0 Å². The zero-order chi connectivity index (χ0) is 90.1. The molecule has 0 saturated heterocycles. The van der Waals surface area contributed by atoms with Gasteiger partial charge in [0.1, 0.15) is 73.8 Å². The third-order valence-electron chi connectivity index (χ3n) is 24.3. The fourth-order valence-corrected chi connectivity index (χ4v) is 16.0. The Morgan fingerprint density at radius 1 is 0.246 bits per heavy atom. The number of benzene rings is 9. The molecule has 12 unspecified atom stereocenters. The second-order valence-electron chi connectivity index (χ2n) is 34.2. The molecule has 0 heterocycles. The van der Waals surface area contributed by atoms with Crippen molar-refractivity contribution in [3.63, 3.8) is 0 Å². The van der Waals surface area contributed by atoms with E-state index in [4.69, 9.17) is 37.9 Å². The van der Waals surface area contributed by atoms with Crippen LogP contribution in [0.1, 0.15) is 313 Å². The first-order valence-corrected chi connectivity index (χ1v) is 47.9. The lowest BCUT2D eigenvalue weighted by atomic mass is 9.81. The monoisotopic (exact) mass is 1730 g/mol. The van der Waals surface area contributed by atoms with Crippen molar-refractivity contribution in [2.45, 2.75) is 283 Å². The zero-order valence-electron chi connectivity index (χ0n) is 78.8. The van der Waals surface area contributed by atoms with E-state index in [0.29, 0.717) is 11.5 Å². The molecule has 0 bridgehead atoms. The van der Waals surface area contributed by atoms with E-state index in [0.717, 1.165) is 98.3 Å². The van der Waals surface area contributed by atoms with Crippen molar-refractivity contribution in [3.05, 3.63) is 297 Å². The van der Waals surface area contributed by atoms with Crippen LogP contribution in [0.3, 0.4) is 0 Å². The van der Waals surface area contributed by atoms with Crippen LogP contribution in [0, 0.1) is 0 Å². The molecular formula is C112H158O14. The molecule has 0 aliphatic carbocycles. The van der Waals surface area contributed by atoms with E-state index in [1.807, 2.05) is 32.0 Å². The molecule has 0 fully saturated rings. The summed E-state index contributed by atoms with van der Waals surface area (Å²) in [4.78, 5) is 0. The highest BCUT2D eigenvalue weighted by atomic mass is 16.6. The van der Waals surface area contributed by atoms with Gasteiger partial charge in [-0.25, -0.2) is 0 Å². The predicted octanol–water partition coefficient (Wildman–Crippen LogP) is 25.7. The first-order valence-electron chi connectivity index (χ1n) is 47.9. The van der Waals surface area contributed by atoms with Gasteiger partial charge in [0.2, 0.25) is 0 Å². The van der Waals surface area contributed by atoms with E-state index in [-0.39, 0.29) is 114 Å². The standard InChI is InChI=1S/C106H142O12.2C3H8O/c1-9-11-13-15-17-19-21-23-25-45-60-97(111-71-93(109)73-117-105-101(81(5)87-52-37-29-38-53-87)64-91(79(3)85-48-33-27-34-49-85)65-102(105)82(6)88-54-39-30-40-55-88)75-115-99(69-107)77-113-95-62-47-63-96(68-95)114-78-100(70-108)116-76-98(61-46-26-24-22-20-18-16-14-12-10-2)112-72-94(110)74-118-106-103(83(7)89-56-41-31-42-57-89)66-92(80(4)86-50-35-28-36-51-86)67-104(106)84(8)90-58-43-32-44-59-90;2*1-3-4-2/h27-44,47-59,62-68,79-84,93-94,97-100,107-110H,9-26,45-46,60-61,69-78H2,1-8H3;2*3H2,1-2H3. The summed E-state index contributed by atoms with van der Waals surface area (Å²) in [6.07, 6.45) is 21.6. The summed E-state index contributed by atoms with van der Waals surface area (Å²) in [7, 11) is 3.36. The number of ether oxygens (including phenoxy) is 10. The van der Waals surface area contributed by atoms with Crippen LogP contribution in [-0.2, 0) is 28.4 Å². The van der Waals surface area contributed by atoms with E-state index in [9.17, 15) is 20.4 Å². The summed E-state index contributed by atoms with van der Waals surface area (Å²) >= 11 is 0. The molecule has 0 spiro atoms. The lowest BCUT2D eigenvalue weighted by Gasteiger charge is -2.27. The van der Waals surface area contributed by atoms with Crippen molar-refractivity contribution < 1.29 is 67.8 Å². The second-order valence-corrected chi connectivity index (χ2v) is 34.2. The third kappa shape index (κ3) is 38.2. The number of aliphatic hydroxyl groups is 4. The van der Waals surface area contributed by atoms with Crippen molar-refractivity contribution in [3.8, 4) is 23.0 Å². The van der Waals surface area contributed by atoms with Gasteiger partial charge < -0.3 is 67.8 Å². The van der Waals surface area contributed by atoms with Crippen LogP contribution in [0.5, 0.6) is 23.0 Å². The Labute approximate surface area is 759 Å². The third-order valence-corrected chi connectivity index (χ3v) is 24.3. The van der Waals surface area contributed by atoms with Gasteiger partial charge >= 0.3 is 0 Å². The van der Waals surface area contributed by atoms with Gasteiger partial charge in [0.25, 0.3) is 0 Å². The molecule has 126 heavy (non-hydrogen) atoms. The number of hydrogen-bond acceptors (Lipinski definition) is 14. The van der Waals surface area contributed by atoms with Crippen molar-refractivity contribution in [2.75, 3.05) is 93.5 Å². The average Bonchev–Trinajstić information content (AvgIpc) is 0.778. The molecule has 14 nitrogen and oxygen atoms in total. The molecule has 0 amide bonds. The molecule has 12 atom stereocenters. The summed E-state index contributed by atoms with van der Waals surface area (Å²) in [5.41, 5.74) is 13.9. The largest absolute Gasteiger partial charge is 0.491 e. The Balaban J connectivity index is 0.00000261. The molecule has 9 aromatic carbocycles. The smallest absolute Gasteiger partial charge is 0.127 e. The Bertz CT molecular complexity index is 3790. The highest BCUT2D eigenvalue weighted by Crippen LogP contribution is 2.45. The van der Waals surface area contributed by atoms with Crippen LogP contribution < -0.4 is 18.9 Å². The lowest BCUT2D eigenvalue weighted by molar-refractivity contribution is -0.0905. The van der Waals surface area contributed by atoms with Gasteiger partial charge in [-0.05, 0) is 83.3 Å². The molecular weight excluding hydrogens is 1570 g/mol. The fourth-order valence-electron chi connectivity index (χ4n) is 16.0. The summed E-state index contributed by atoms with van der Waals surface area (Å²) < 4.78 is 61.8. The zero-order valence-corrected chi connectivity index (χ0v) is 78.8. The maximum Gasteiger partial charge on any atom is 0.127 e. The molecule has 9 rings (SSSR count). The van der Waals surface area contributed by atoms with Gasteiger partial charge in [-0.3, -0.25) is 0 Å². The number of unbranched alkanes of at least 4 members (excludes halogenated alkanes) is 18. The minimum Gasteiger partial charge on any atom is -0.491 e. The minimum absolute atomic E-state index is 0.0126. The quantitative estimate of drug-likeness (QED) is 0.0265. The van der Waals surface area contributed by atoms with Gasteiger partial charge in [0, 0.05) is 91.3 Å². The van der Waals surface area contributed by atoms with E-state index in [2.05, 4.69) is 271 Å². The summed E-state index contributed by atoms with van der Waals surface area (Å²) in [5.74, 6) is 2.80. The van der Waals surface area contributed by atoms with Crippen LogP contribution in [0.15, 0.2) is 231 Å². The topological polar surface area (TPSA) is 173 Å². The van der Waals surface area contributed by atoms with Crippen LogP contribution >= 0.6 is 0 Å². The lowest BCUT2D eigenvalue weighted by Crippen LogP contribution is -2.33. The summed E-state index contributed by atoms with van der Waals surface area (Å²) in [6.45, 7) is 23.6. The first-order chi connectivity index (χ1) is 61.6. The Morgan fingerprint density at radius 3 is 0.746 bits per heavy atom. The number of methoxy groups -OCH3 is 2. The highest BCUT2D eigenvalue weighted by Gasteiger charge is 2.29. The predicted molar refractivity (Wildman–Crippen MR) is 518 cm³/mol. The fraction of sp³-hybridized carbons (Fsp3) is 0.518. The van der Waals surface area contributed by atoms with Gasteiger partial charge in [-0.15, -0.1) is 0 Å². The van der Waals surface area contributed by atoms with Gasteiger partial charge in [-0.1, -0.05) is 396 Å². The normalized spacial score (nSPS) is 14.3. The molecule has 14 heteroatoms. The van der Waals surface area contributed by atoms with E-state index in [1.165, 1.54) is 134 Å². The molecule has 0 radical (unpaired) electrons. The molecule has 9 aromatic rings. The number of aliphatic hydroxyl groups excluding tert-OH is 4. The maximum atomic E-state index is 12.0. The summed E-state index contributed by atoms with van der Waals surface area (Å²) in [5, 5.41) is 45.5. The minimum atomic E-state index is -0.954. The second kappa shape index (κ2) is 62.9. The van der Waals surface area contributed by atoms with E-state index in [1.54, 1.807) is 20.3 Å². The maximum absolute atomic E-state index is 12.0. The van der Waals surface area contributed by atoms with Crippen molar-refractivity contribution in [2.24, 2.45) is 0 Å². The van der Waals surface area contributed by atoms with Gasteiger partial charge in [0.05, 0.1) is 51.8 Å². The average molecular weight is 1730 g/mol. The molecule has 0 aliphatic heterocycles. The van der Waals surface area contributed by atoms with Crippen molar-refractivity contribution in [1.29, 1.82) is 0 Å². The van der Waals surface area contributed by atoms with Gasteiger partial charge in [-0.2, -0.15) is 0 Å². The van der Waals surface area contributed by atoms with Crippen molar-refractivity contribution >= 4 is 0 Å². The first kappa shape index (κ1) is 105. The highest BCUT2D eigenvalue weighted by molar-refractivity contribution is 5.56. The van der Waals surface area contributed by atoms with Crippen LogP contribution in [-0.4, -0.2) is 151 Å². The molecule has 0 saturated carbocycles. The number of rotatable bonds is 62. The Kier molecular flexibility index (Phi) is 52.3. The molecule has 0 aromatic heterocycles. The summed E-state index contributed by atoms with van der Waals surface area (Å²) in [6, 6.07) is 80.1. The molecule has 0 aliphatic rings. The SMILES string of the molecule is CCCCCCCCCCCCC(COC(CO)COc1cccc(OCC(CO)OCC(CCCCCCCCCCCC)OCC(O)COc2c(C(C)c3ccccc3)cc(C(C)c3ccccc3)cc2C(C)c2ccccc2)c1)OCC(O)COc1c(C(C)c2ccccc2)cc(C(C)c2ccccc2)cc1C(C)c1ccccc1.CCOC.CCOC. The number of hydrogen-bond donors (Lipinski definition) is 4. The van der Waals surface area contributed by atoms with Gasteiger partial charge in [0.15, 0.2) is 0 Å². The molecule has 4 N–H and O–H groups in total. The molecule has 690 valence electrons.